The van der Waals surface area contributed by atoms with Crippen LogP contribution in [0, 0.1) is 0 Å². The largest absolute Gasteiger partial charge is 0.416 e. The summed E-state index contributed by atoms with van der Waals surface area (Å²) in [5, 5.41) is 2.63. The second kappa shape index (κ2) is 9.17. The van der Waals surface area contributed by atoms with Gasteiger partial charge in [-0.15, -0.1) is 0 Å². The number of nitrogens with one attached hydrogen (secondary N) is 2. The Bertz CT molecular complexity index is 1290. The molecule has 7 nitrogen and oxygen atoms in total. The van der Waals surface area contributed by atoms with Gasteiger partial charge in [0.25, 0.3) is 15.9 Å². The fourth-order valence-corrected chi connectivity index (χ4v) is 5.30. The molecule has 1 fully saturated rings. The first-order valence-corrected chi connectivity index (χ1v) is 13.5. The summed E-state index contributed by atoms with van der Waals surface area (Å²) in [6.45, 7) is -0.698. The van der Waals surface area contributed by atoms with E-state index in [1.54, 1.807) is 0 Å². The number of halogens is 4. The first-order valence-electron chi connectivity index (χ1n) is 10.1. The number of sulfonamides is 1. The van der Waals surface area contributed by atoms with E-state index in [4.69, 9.17) is 0 Å². The predicted octanol–water partition coefficient (Wildman–Crippen LogP) is 3.92. The lowest BCUT2D eigenvalue weighted by atomic mass is 9.74. The van der Waals surface area contributed by atoms with Gasteiger partial charge in [-0.2, -0.15) is 13.2 Å². The Balaban J connectivity index is 1.98. The fraction of sp³-hybridized carbons (Fsp3) is 0.381. The molecule has 2 N–H and O–H groups in total. The van der Waals surface area contributed by atoms with Crippen molar-refractivity contribution in [2.75, 3.05) is 17.7 Å². The van der Waals surface area contributed by atoms with Gasteiger partial charge in [0, 0.05) is 11.8 Å². The predicted molar refractivity (Wildman–Crippen MR) is 116 cm³/mol. The SMILES string of the molecule is CS(=O)(=O)c1ccc(S(=O)(=O)Nc2cc(C(F)(F)F)ccc2C(=O)NC2(CCF)CCC2)cc1. The first-order chi connectivity index (χ1) is 15.7. The molecule has 1 amide bonds. The van der Waals surface area contributed by atoms with Gasteiger partial charge in [-0.05, 0) is 68.1 Å². The number of alkyl halides is 4. The number of hydrogen-bond donors (Lipinski definition) is 2. The van der Waals surface area contributed by atoms with Crippen LogP contribution in [-0.4, -0.2) is 41.2 Å². The van der Waals surface area contributed by atoms with Gasteiger partial charge in [-0.25, -0.2) is 16.8 Å². The van der Waals surface area contributed by atoms with E-state index in [1.165, 1.54) is 0 Å². The van der Waals surface area contributed by atoms with Gasteiger partial charge in [-0.3, -0.25) is 13.9 Å². The third-order valence-corrected chi connectivity index (χ3v) is 8.17. The maximum absolute atomic E-state index is 13.3. The second-order valence-corrected chi connectivity index (χ2v) is 11.8. The molecule has 0 saturated heterocycles. The molecule has 0 unspecified atom stereocenters. The van der Waals surface area contributed by atoms with Crippen molar-refractivity contribution in [3.8, 4) is 0 Å². The average Bonchev–Trinajstić information content (AvgIpc) is 2.70. The number of hydrogen-bond acceptors (Lipinski definition) is 5. The lowest BCUT2D eigenvalue weighted by Crippen LogP contribution is -2.53. The third-order valence-electron chi connectivity index (χ3n) is 5.66. The topological polar surface area (TPSA) is 109 Å². The van der Waals surface area contributed by atoms with E-state index in [1.807, 2.05) is 4.72 Å². The van der Waals surface area contributed by atoms with Crippen LogP contribution < -0.4 is 10.0 Å². The molecule has 34 heavy (non-hydrogen) atoms. The molecule has 1 aliphatic carbocycles. The van der Waals surface area contributed by atoms with Crippen molar-refractivity contribution in [1.82, 2.24) is 5.32 Å². The summed E-state index contributed by atoms with van der Waals surface area (Å²) in [5.41, 5.74) is -2.99. The van der Waals surface area contributed by atoms with Crippen LogP contribution in [0.3, 0.4) is 0 Å². The number of amides is 1. The Kier molecular flexibility index (Phi) is 7.00. The molecule has 186 valence electrons. The zero-order valence-corrected chi connectivity index (χ0v) is 19.6. The van der Waals surface area contributed by atoms with E-state index in [-0.39, 0.29) is 16.9 Å². The number of benzene rings is 2. The molecule has 1 aliphatic rings. The number of carbonyl (C=O) groups excluding carboxylic acids is 1. The molecule has 0 atom stereocenters. The lowest BCUT2D eigenvalue weighted by Gasteiger charge is -2.42. The van der Waals surface area contributed by atoms with Gasteiger partial charge in [0.2, 0.25) is 0 Å². The lowest BCUT2D eigenvalue weighted by molar-refractivity contribution is -0.137. The van der Waals surface area contributed by atoms with Crippen LogP contribution in [-0.2, 0) is 26.0 Å². The number of carbonyl (C=O) groups is 1. The summed E-state index contributed by atoms with van der Waals surface area (Å²) in [4.78, 5) is 12.3. The molecule has 0 heterocycles. The Labute approximate surface area is 194 Å². The summed E-state index contributed by atoms with van der Waals surface area (Å²) in [6, 6.07) is 6.05. The van der Waals surface area contributed by atoms with Crippen molar-refractivity contribution in [2.24, 2.45) is 0 Å². The normalized spacial score (nSPS) is 15.9. The highest BCUT2D eigenvalue weighted by Gasteiger charge is 2.39. The molecule has 2 aromatic rings. The van der Waals surface area contributed by atoms with Crippen molar-refractivity contribution < 1.29 is 39.2 Å². The molecule has 3 rings (SSSR count). The zero-order chi connectivity index (χ0) is 25.4. The van der Waals surface area contributed by atoms with Gasteiger partial charge in [0.15, 0.2) is 9.84 Å². The molecule has 0 aromatic heterocycles. The molecule has 0 radical (unpaired) electrons. The van der Waals surface area contributed by atoms with E-state index < -0.39 is 60.3 Å². The fourth-order valence-electron chi connectivity index (χ4n) is 3.60. The molecular weight excluding hydrogens is 500 g/mol. The van der Waals surface area contributed by atoms with Gasteiger partial charge in [-0.1, -0.05) is 0 Å². The molecule has 1 saturated carbocycles. The van der Waals surface area contributed by atoms with Crippen molar-refractivity contribution in [2.45, 2.75) is 47.2 Å². The van der Waals surface area contributed by atoms with Crippen LogP contribution in [0.1, 0.15) is 41.6 Å². The zero-order valence-electron chi connectivity index (χ0n) is 17.9. The van der Waals surface area contributed by atoms with Gasteiger partial charge < -0.3 is 5.32 Å². The number of rotatable bonds is 8. The summed E-state index contributed by atoms with van der Waals surface area (Å²) >= 11 is 0. The monoisotopic (exact) mass is 522 g/mol. The van der Waals surface area contributed by atoms with E-state index >= 15 is 0 Å². The van der Waals surface area contributed by atoms with Crippen molar-refractivity contribution in [3.05, 3.63) is 53.6 Å². The van der Waals surface area contributed by atoms with Gasteiger partial charge in [0.05, 0.1) is 33.3 Å². The molecule has 2 aromatic carbocycles. The maximum atomic E-state index is 13.3. The van der Waals surface area contributed by atoms with Crippen LogP contribution in [0.4, 0.5) is 23.2 Å². The van der Waals surface area contributed by atoms with Crippen LogP contribution >= 0.6 is 0 Å². The van der Waals surface area contributed by atoms with Crippen LogP contribution in [0.25, 0.3) is 0 Å². The number of sulfone groups is 1. The van der Waals surface area contributed by atoms with Gasteiger partial charge >= 0.3 is 6.18 Å². The van der Waals surface area contributed by atoms with Crippen LogP contribution in [0.5, 0.6) is 0 Å². The van der Waals surface area contributed by atoms with Crippen molar-refractivity contribution >= 4 is 31.5 Å². The molecule has 0 spiro atoms. The Morgan fingerprint density at radius 3 is 2.06 bits per heavy atom. The summed E-state index contributed by atoms with van der Waals surface area (Å²) < 4.78 is 104. The Morgan fingerprint density at radius 1 is 1.00 bits per heavy atom. The number of anilines is 1. The minimum Gasteiger partial charge on any atom is -0.346 e. The highest BCUT2D eigenvalue weighted by atomic mass is 32.2. The highest BCUT2D eigenvalue weighted by Crippen LogP contribution is 2.37. The molecule has 13 heteroatoms. The Hall–Kier alpha value is -2.67. The van der Waals surface area contributed by atoms with Crippen LogP contribution in [0.2, 0.25) is 0 Å². The summed E-state index contributed by atoms with van der Waals surface area (Å²) in [5.74, 6) is -0.841. The average molecular weight is 523 g/mol. The third kappa shape index (κ3) is 5.69. The first kappa shape index (κ1) is 25.9. The minimum atomic E-state index is -4.81. The minimum absolute atomic E-state index is 0.0348. The quantitative estimate of drug-likeness (QED) is 0.511. The highest BCUT2D eigenvalue weighted by molar-refractivity contribution is 7.92. The summed E-state index contributed by atoms with van der Waals surface area (Å²) in [6.07, 6.45) is -2.10. The van der Waals surface area contributed by atoms with E-state index in [0.717, 1.165) is 43.0 Å². The molecule has 0 aliphatic heterocycles. The maximum Gasteiger partial charge on any atom is 0.416 e. The molecule has 0 bridgehead atoms. The van der Waals surface area contributed by atoms with Crippen molar-refractivity contribution in [1.29, 1.82) is 0 Å². The molecular formula is C21H22F4N2O5S2. The van der Waals surface area contributed by atoms with E-state index in [2.05, 4.69) is 5.32 Å². The second-order valence-electron chi connectivity index (χ2n) is 8.13. The van der Waals surface area contributed by atoms with Crippen molar-refractivity contribution in [3.63, 3.8) is 0 Å². The van der Waals surface area contributed by atoms with E-state index in [0.29, 0.717) is 25.0 Å². The van der Waals surface area contributed by atoms with Crippen LogP contribution in [0.15, 0.2) is 52.3 Å². The standard InChI is InChI=1S/C21H22F4N2O5S2/c1-33(29,30)15-4-6-16(7-5-15)34(31,32)27-18-13-14(21(23,24)25)3-8-17(18)19(28)26-20(11-12-22)9-2-10-20/h3-8,13,27H,2,9-12H2,1H3,(H,26,28). The summed E-state index contributed by atoms with van der Waals surface area (Å²) in [7, 11) is -8.09. The Morgan fingerprint density at radius 2 is 1.59 bits per heavy atom. The smallest absolute Gasteiger partial charge is 0.346 e. The van der Waals surface area contributed by atoms with Gasteiger partial charge in [0.1, 0.15) is 0 Å². The van der Waals surface area contributed by atoms with E-state index in [9.17, 15) is 39.2 Å².